The quantitative estimate of drug-likeness (QED) is 0.436. The molecular formula is C9H10ClNO2. The van der Waals surface area contributed by atoms with E-state index in [1.165, 1.54) is 4.57 Å². The summed E-state index contributed by atoms with van der Waals surface area (Å²) < 4.78 is 1.53. The average Bonchev–Trinajstić information content (AvgIpc) is 2.04. The first-order valence-electron chi connectivity index (χ1n) is 3.53. The summed E-state index contributed by atoms with van der Waals surface area (Å²) in [6.45, 7) is 5.28. The lowest BCUT2D eigenvalue weighted by atomic mass is 10.3. The summed E-state index contributed by atoms with van der Waals surface area (Å²) in [4.78, 5) is 10.5. The van der Waals surface area contributed by atoms with Gasteiger partial charge in [0.2, 0.25) is 0 Å². The number of hydrogen-bond acceptors (Lipinski definition) is 1. The number of carbonyl (C=O) groups is 1. The van der Waals surface area contributed by atoms with Crippen LogP contribution in [-0.2, 0) is 4.79 Å². The molecule has 70 valence electrons. The van der Waals surface area contributed by atoms with Crippen LogP contribution in [0.3, 0.4) is 0 Å². The van der Waals surface area contributed by atoms with Crippen molar-refractivity contribution < 1.29 is 26.9 Å². The lowest BCUT2D eigenvalue weighted by Crippen LogP contribution is -3.00. The monoisotopic (exact) mass is 199 g/mol. The van der Waals surface area contributed by atoms with Gasteiger partial charge in [-0.05, 0) is 6.58 Å². The summed E-state index contributed by atoms with van der Waals surface area (Å²) in [5, 5.41) is 8.64. The first-order valence-corrected chi connectivity index (χ1v) is 3.53. The molecule has 3 nitrogen and oxygen atoms in total. The van der Waals surface area contributed by atoms with Crippen molar-refractivity contribution >= 4 is 11.7 Å². The third-order valence-corrected chi connectivity index (χ3v) is 1.60. The molecular weight excluding hydrogens is 190 g/mol. The van der Waals surface area contributed by atoms with Crippen molar-refractivity contribution in [2.24, 2.45) is 0 Å². The normalized spacial score (nSPS) is 8.69. The summed E-state index contributed by atoms with van der Waals surface area (Å²) in [7, 11) is 0. The van der Waals surface area contributed by atoms with Crippen molar-refractivity contribution in [2.75, 3.05) is 0 Å². The van der Waals surface area contributed by atoms with Crippen LogP contribution in [-0.4, -0.2) is 11.1 Å². The van der Waals surface area contributed by atoms with Gasteiger partial charge in [-0.3, -0.25) is 0 Å². The largest absolute Gasteiger partial charge is 1.00 e. The molecule has 1 aromatic heterocycles. The number of rotatable bonds is 2. The Balaban J connectivity index is 0.00000144. The number of aliphatic carboxylic acids is 1. The Morgan fingerprint density at radius 1 is 1.54 bits per heavy atom. The molecule has 0 aliphatic heterocycles. The van der Waals surface area contributed by atoms with E-state index in [4.69, 9.17) is 5.11 Å². The smallest absolute Gasteiger partial charge is 0.401 e. The van der Waals surface area contributed by atoms with E-state index in [0.717, 1.165) is 5.69 Å². The SMILES string of the molecule is C=C(C(=O)O)[n+]1ccccc1C.[Cl-]. The summed E-state index contributed by atoms with van der Waals surface area (Å²) >= 11 is 0. The molecule has 13 heavy (non-hydrogen) atoms. The van der Waals surface area contributed by atoms with Gasteiger partial charge in [-0.1, -0.05) is 6.07 Å². The first-order chi connectivity index (χ1) is 5.63. The zero-order valence-corrected chi connectivity index (χ0v) is 7.95. The summed E-state index contributed by atoms with van der Waals surface area (Å²) in [5.74, 6) is -1.01. The highest BCUT2D eigenvalue weighted by Gasteiger charge is 2.16. The van der Waals surface area contributed by atoms with Gasteiger partial charge in [0, 0.05) is 19.1 Å². The number of carboxylic acids is 1. The van der Waals surface area contributed by atoms with Gasteiger partial charge in [0.1, 0.15) is 0 Å². The maximum absolute atomic E-state index is 10.5. The van der Waals surface area contributed by atoms with Crippen molar-refractivity contribution in [3.63, 3.8) is 0 Å². The van der Waals surface area contributed by atoms with Gasteiger partial charge in [0.25, 0.3) is 5.70 Å². The van der Waals surface area contributed by atoms with Crippen LogP contribution in [0.5, 0.6) is 0 Å². The van der Waals surface area contributed by atoms with Crippen molar-refractivity contribution in [1.29, 1.82) is 0 Å². The van der Waals surface area contributed by atoms with E-state index < -0.39 is 5.97 Å². The van der Waals surface area contributed by atoms with Gasteiger partial charge < -0.3 is 17.5 Å². The fourth-order valence-corrected chi connectivity index (χ4v) is 0.934. The van der Waals surface area contributed by atoms with E-state index in [-0.39, 0.29) is 18.1 Å². The molecule has 1 rings (SSSR count). The van der Waals surface area contributed by atoms with Gasteiger partial charge >= 0.3 is 5.97 Å². The predicted octanol–water partition coefficient (Wildman–Crippen LogP) is -2.16. The molecule has 4 heteroatoms. The third kappa shape index (κ3) is 2.56. The highest BCUT2D eigenvalue weighted by Crippen LogP contribution is 1.94. The van der Waals surface area contributed by atoms with Crippen LogP contribution in [0.2, 0.25) is 0 Å². The number of nitrogens with zero attached hydrogens (tertiary/aromatic N) is 1. The fourth-order valence-electron chi connectivity index (χ4n) is 0.934. The molecule has 0 aromatic carbocycles. The lowest BCUT2D eigenvalue weighted by molar-refractivity contribution is -0.585. The van der Waals surface area contributed by atoms with Crippen LogP contribution in [0.1, 0.15) is 5.69 Å². The Labute approximate surface area is 82.7 Å². The molecule has 1 N–H and O–H groups in total. The van der Waals surface area contributed by atoms with Crippen LogP contribution < -0.4 is 17.0 Å². The minimum absolute atomic E-state index is 0. The van der Waals surface area contributed by atoms with Gasteiger partial charge in [-0.25, -0.2) is 4.79 Å². The summed E-state index contributed by atoms with van der Waals surface area (Å²) in [5.41, 5.74) is 0.915. The second-order valence-corrected chi connectivity index (χ2v) is 2.46. The topological polar surface area (TPSA) is 41.2 Å². The van der Waals surface area contributed by atoms with Crippen LogP contribution in [0.4, 0.5) is 0 Å². The third-order valence-electron chi connectivity index (χ3n) is 1.60. The maximum atomic E-state index is 10.5. The molecule has 1 aromatic rings. The van der Waals surface area contributed by atoms with Crippen LogP contribution >= 0.6 is 0 Å². The Morgan fingerprint density at radius 3 is 2.62 bits per heavy atom. The molecule has 0 amide bonds. The second kappa shape index (κ2) is 4.62. The molecule has 1 heterocycles. The van der Waals surface area contributed by atoms with E-state index in [0.29, 0.717) is 0 Å². The first kappa shape index (κ1) is 11.6. The minimum atomic E-state index is -1.01. The highest BCUT2D eigenvalue weighted by molar-refractivity contribution is 6.03. The molecule has 0 atom stereocenters. The number of aromatic nitrogens is 1. The number of aryl methyl sites for hydroxylation is 1. The van der Waals surface area contributed by atoms with Crippen LogP contribution in [0, 0.1) is 6.92 Å². The molecule has 0 aliphatic rings. The summed E-state index contributed by atoms with van der Waals surface area (Å²) in [6.07, 6.45) is 1.67. The zero-order chi connectivity index (χ0) is 9.14. The van der Waals surface area contributed by atoms with Gasteiger partial charge in [-0.15, -0.1) is 0 Å². The van der Waals surface area contributed by atoms with Crippen molar-refractivity contribution in [1.82, 2.24) is 0 Å². The highest BCUT2D eigenvalue weighted by atomic mass is 35.5. The Bertz CT molecular complexity index is 336. The van der Waals surface area contributed by atoms with Gasteiger partial charge in [0.05, 0.1) is 0 Å². The number of hydrogen-bond donors (Lipinski definition) is 1. The number of carboxylic acid groups (broad SMARTS) is 1. The average molecular weight is 200 g/mol. The Kier molecular flexibility index (Phi) is 4.14. The van der Waals surface area contributed by atoms with Gasteiger partial charge in [0.15, 0.2) is 11.9 Å². The molecule has 0 unspecified atom stereocenters. The van der Waals surface area contributed by atoms with Crippen molar-refractivity contribution in [2.45, 2.75) is 6.92 Å². The Hall–Kier alpha value is -1.35. The molecule has 0 saturated carbocycles. The molecule has 0 bridgehead atoms. The molecule has 0 spiro atoms. The van der Waals surface area contributed by atoms with E-state index >= 15 is 0 Å². The van der Waals surface area contributed by atoms with E-state index in [2.05, 4.69) is 6.58 Å². The predicted molar refractivity (Wildman–Crippen MR) is 44.3 cm³/mol. The molecule has 0 saturated heterocycles. The van der Waals surface area contributed by atoms with Crippen molar-refractivity contribution in [3.05, 3.63) is 36.7 Å². The van der Waals surface area contributed by atoms with E-state index in [1.54, 1.807) is 12.3 Å². The van der Waals surface area contributed by atoms with E-state index in [1.807, 2.05) is 19.1 Å². The molecule has 0 fully saturated rings. The Morgan fingerprint density at radius 2 is 2.15 bits per heavy atom. The second-order valence-electron chi connectivity index (χ2n) is 2.46. The maximum Gasteiger partial charge on any atom is 0.401 e. The zero-order valence-electron chi connectivity index (χ0n) is 7.20. The van der Waals surface area contributed by atoms with E-state index in [9.17, 15) is 4.79 Å². The number of halogens is 1. The summed E-state index contributed by atoms with van der Waals surface area (Å²) in [6, 6.07) is 5.44. The van der Waals surface area contributed by atoms with Crippen LogP contribution in [0.25, 0.3) is 5.70 Å². The van der Waals surface area contributed by atoms with Crippen molar-refractivity contribution in [3.8, 4) is 0 Å². The standard InChI is InChI=1S/C9H9NO2.ClH/c1-7-5-3-4-6-10(7)8(2)9(11)12;/h3-6H,2H2,1H3;1H. The van der Waals surface area contributed by atoms with Crippen LogP contribution in [0.15, 0.2) is 31.0 Å². The fraction of sp³-hybridized carbons (Fsp3) is 0.111. The number of pyridine rings is 1. The lowest BCUT2D eigenvalue weighted by Gasteiger charge is -1.96. The minimum Gasteiger partial charge on any atom is -1.00 e. The molecule has 0 aliphatic carbocycles. The molecule has 0 radical (unpaired) electrons. The van der Waals surface area contributed by atoms with Gasteiger partial charge in [-0.2, -0.15) is 4.57 Å².